The molecule has 0 aromatic heterocycles. The molecule has 2 aliphatic rings. The van der Waals surface area contributed by atoms with Crippen molar-refractivity contribution in [2.24, 2.45) is 5.73 Å². The van der Waals surface area contributed by atoms with Gasteiger partial charge in [-0.2, -0.15) is 0 Å². The fourth-order valence-corrected chi connectivity index (χ4v) is 3.03. The summed E-state index contributed by atoms with van der Waals surface area (Å²) in [6.45, 7) is 8.46. The number of nitrogens with one attached hydrogen (secondary N) is 1. The van der Waals surface area contributed by atoms with Gasteiger partial charge in [-0.3, -0.25) is 0 Å². The molecule has 0 radical (unpaired) electrons. The lowest BCUT2D eigenvalue weighted by molar-refractivity contribution is 0.499. The lowest BCUT2D eigenvalue weighted by Gasteiger charge is -2.23. The highest BCUT2D eigenvalue weighted by molar-refractivity contribution is 5.39. The van der Waals surface area contributed by atoms with Crippen LogP contribution in [0, 0.1) is 0 Å². The van der Waals surface area contributed by atoms with Crippen molar-refractivity contribution in [3.8, 4) is 0 Å². The maximum absolute atomic E-state index is 5.86. The molecular weight excluding hydrogens is 280 g/mol. The van der Waals surface area contributed by atoms with Crippen molar-refractivity contribution in [1.29, 1.82) is 0 Å². The topological polar surface area (TPSA) is 38.0 Å². The number of benzene rings is 1. The minimum Gasteiger partial charge on any atom is -0.322 e. The Morgan fingerprint density at radius 1 is 1.09 bits per heavy atom. The molecule has 0 spiro atoms. The second kappa shape index (κ2) is 7.46. The third-order valence-corrected chi connectivity index (χ3v) is 4.38. The standard InChI is InChI=1S/C12H19N.C9H13N/c1-10(2)13-12(8-9-12)11-6-4-3-5-7-11;1-9(2,10)8-6-4-3-5-7-8/h4,6-7,10,13H,3,5,8-9H2,1-2H3;3-7H,10H2,1-2H3. The minimum atomic E-state index is -0.207. The van der Waals surface area contributed by atoms with Gasteiger partial charge in [-0.15, -0.1) is 0 Å². The van der Waals surface area contributed by atoms with Crippen LogP contribution in [0.2, 0.25) is 0 Å². The molecule has 1 fully saturated rings. The molecule has 23 heavy (non-hydrogen) atoms. The van der Waals surface area contributed by atoms with Crippen molar-refractivity contribution >= 4 is 0 Å². The molecule has 0 unspecified atom stereocenters. The van der Waals surface area contributed by atoms with Crippen LogP contribution in [-0.4, -0.2) is 11.6 Å². The van der Waals surface area contributed by atoms with Crippen LogP contribution >= 0.6 is 0 Å². The predicted molar refractivity (Wildman–Crippen MR) is 100 cm³/mol. The molecule has 3 rings (SSSR count). The van der Waals surface area contributed by atoms with Gasteiger partial charge in [-0.25, -0.2) is 0 Å². The van der Waals surface area contributed by atoms with Gasteiger partial charge in [0, 0.05) is 17.1 Å². The minimum absolute atomic E-state index is 0.207. The molecule has 0 amide bonds. The van der Waals surface area contributed by atoms with Crippen molar-refractivity contribution in [2.45, 2.75) is 70.5 Å². The van der Waals surface area contributed by atoms with Crippen LogP contribution in [0.4, 0.5) is 0 Å². The summed E-state index contributed by atoms with van der Waals surface area (Å²) in [5, 5.41) is 3.68. The van der Waals surface area contributed by atoms with Gasteiger partial charge < -0.3 is 11.1 Å². The Hall–Kier alpha value is -1.38. The van der Waals surface area contributed by atoms with Crippen molar-refractivity contribution in [3.05, 3.63) is 59.7 Å². The van der Waals surface area contributed by atoms with Gasteiger partial charge in [0.25, 0.3) is 0 Å². The van der Waals surface area contributed by atoms with E-state index in [-0.39, 0.29) is 5.54 Å². The molecule has 0 atom stereocenters. The molecule has 1 aromatic carbocycles. The van der Waals surface area contributed by atoms with Crippen molar-refractivity contribution < 1.29 is 0 Å². The van der Waals surface area contributed by atoms with Crippen LogP contribution < -0.4 is 11.1 Å². The Morgan fingerprint density at radius 2 is 1.74 bits per heavy atom. The summed E-state index contributed by atoms with van der Waals surface area (Å²) in [6, 6.07) is 10.7. The molecule has 0 heterocycles. The number of nitrogens with two attached hydrogens (primary N) is 1. The summed E-state index contributed by atoms with van der Waals surface area (Å²) in [7, 11) is 0. The maximum atomic E-state index is 5.86. The molecule has 0 saturated heterocycles. The third-order valence-electron chi connectivity index (χ3n) is 4.38. The zero-order chi connectivity index (χ0) is 16.9. The molecule has 0 bridgehead atoms. The first-order chi connectivity index (χ1) is 10.8. The predicted octanol–water partition coefficient (Wildman–Crippen LogP) is 4.67. The lowest BCUT2D eigenvalue weighted by atomic mass is 9.96. The van der Waals surface area contributed by atoms with Crippen LogP contribution in [0.15, 0.2) is 54.1 Å². The molecular formula is C21H32N2. The Labute approximate surface area is 141 Å². The Balaban J connectivity index is 0.000000174. The first kappa shape index (κ1) is 18.0. The van der Waals surface area contributed by atoms with Crippen LogP contribution in [-0.2, 0) is 5.54 Å². The monoisotopic (exact) mass is 312 g/mol. The van der Waals surface area contributed by atoms with Gasteiger partial charge in [-0.1, -0.05) is 62.4 Å². The van der Waals surface area contributed by atoms with Gasteiger partial charge in [0.05, 0.1) is 0 Å². The fraction of sp³-hybridized carbons (Fsp3) is 0.524. The molecule has 3 N–H and O–H groups in total. The molecule has 2 aliphatic carbocycles. The van der Waals surface area contributed by atoms with Crippen LogP contribution in [0.3, 0.4) is 0 Å². The molecule has 126 valence electrons. The Bertz CT molecular complexity index is 543. The number of allylic oxidation sites excluding steroid dienone is 2. The maximum Gasteiger partial charge on any atom is 0.0434 e. The average Bonchev–Trinajstić information content (AvgIpc) is 3.29. The largest absolute Gasteiger partial charge is 0.322 e. The highest BCUT2D eigenvalue weighted by Crippen LogP contribution is 2.44. The first-order valence-corrected chi connectivity index (χ1v) is 8.83. The van der Waals surface area contributed by atoms with Gasteiger partial charge in [0.1, 0.15) is 0 Å². The lowest BCUT2D eigenvalue weighted by Crippen LogP contribution is -2.38. The third kappa shape index (κ3) is 5.33. The Morgan fingerprint density at radius 3 is 2.13 bits per heavy atom. The molecule has 0 aliphatic heterocycles. The smallest absolute Gasteiger partial charge is 0.0434 e. The van der Waals surface area contributed by atoms with E-state index in [2.05, 4.69) is 37.4 Å². The van der Waals surface area contributed by atoms with Gasteiger partial charge in [-0.05, 0) is 50.7 Å². The summed E-state index contributed by atoms with van der Waals surface area (Å²) in [5.41, 5.74) is 8.73. The molecule has 1 aromatic rings. The summed E-state index contributed by atoms with van der Waals surface area (Å²) in [6.07, 6.45) is 12.1. The SMILES string of the molecule is CC(C)(N)c1ccccc1.CC(C)NC1(C2=CCCC=C2)CC1. The average molecular weight is 313 g/mol. The number of hydrogen-bond donors (Lipinski definition) is 2. The van der Waals surface area contributed by atoms with Crippen molar-refractivity contribution in [2.75, 3.05) is 0 Å². The second-order valence-corrected chi connectivity index (χ2v) is 7.61. The molecule has 2 heteroatoms. The van der Waals surface area contributed by atoms with E-state index in [1.807, 2.05) is 44.2 Å². The normalized spacial score (nSPS) is 19.0. The van der Waals surface area contributed by atoms with Crippen LogP contribution in [0.1, 0.15) is 58.9 Å². The van der Waals surface area contributed by atoms with Crippen LogP contribution in [0.5, 0.6) is 0 Å². The van der Waals surface area contributed by atoms with Gasteiger partial charge in [0.15, 0.2) is 0 Å². The molecule has 1 saturated carbocycles. The van der Waals surface area contributed by atoms with E-state index in [0.29, 0.717) is 11.6 Å². The van der Waals surface area contributed by atoms with E-state index < -0.39 is 0 Å². The van der Waals surface area contributed by atoms with E-state index >= 15 is 0 Å². The number of rotatable bonds is 4. The highest BCUT2D eigenvalue weighted by Gasteiger charge is 2.45. The zero-order valence-electron chi connectivity index (χ0n) is 15.1. The van der Waals surface area contributed by atoms with Gasteiger partial charge in [0.2, 0.25) is 0 Å². The second-order valence-electron chi connectivity index (χ2n) is 7.61. The summed E-state index contributed by atoms with van der Waals surface area (Å²) in [5.74, 6) is 0. The first-order valence-electron chi connectivity index (χ1n) is 8.83. The van der Waals surface area contributed by atoms with E-state index in [4.69, 9.17) is 5.73 Å². The van der Waals surface area contributed by atoms with E-state index in [0.717, 1.165) is 0 Å². The zero-order valence-corrected chi connectivity index (χ0v) is 15.1. The number of hydrogen-bond acceptors (Lipinski definition) is 2. The van der Waals surface area contributed by atoms with Crippen LogP contribution in [0.25, 0.3) is 0 Å². The summed E-state index contributed by atoms with van der Waals surface area (Å²) >= 11 is 0. The van der Waals surface area contributed by atoms with E-state index in [1.165, 1.54) is 36.8 Å². The highest BCUT2D eigenvalue weighted by atomic mass is 15.0. The van der Waals surface area contributed by atoms with E-state index in [9.17, 15) is 0 Å². The fourth-order valence-electron chi connectivity index (χ4n) is 3.03. The summed E-state index contributed by atoms with van der Waals surface area (Å²) in [4.78, 5) is 0. The van der Waals surface area contributed by atoms with Crippen molar-refractivity contribution in [1.82, 2.24) is 5.32 Å². The summed E-state index contributed by atoms with van der Waals surface area (Å²) < 4.78 is 0. The molecule has 2 nitrogen and oxygen atoms in total. The van der Waals surface area contributed by atoms with Crippen molar-refractivity contribution in [3.63, 3.8) is 0 Å². The van der Waals surface area contributed by atoms with Gasteiger partial charge >= 0.3 is 0 Å². The quantitative estimate of drug-likeness (QED) is 0.847. The van der Waals surface area contributed by atoms with E-state index in [1.54, 1.807) is 0 Å². The Kier molecular flexibility index (Phi) is 5.83.